The van der Waals surface area contributed by atoms with E-state index >= 15 is 0 Å². The molecule has 0 aromatic heterocycles. The molecule has 0 amide bonds. The monoisotopic (exact) mass is 147 g/mol. The van der Waals surface area contributed by atoms with Crippen LogP contribution < -0.4 is 0 Å². The molecule has 1 N–H and O–H groups in total. The van der Waals surface area contributed by atoms with Crippen LogP contribution in [0.5, 0.6) is 0 Å². The topological polar surface area (TPSA) is 20.2 Å². The Morgan fingerprint density at radius 3 is 2.91 bits per heavy atom. The Hall–Kier alpha value is -1.08. The first-order chi connectivity index (χ1) is 5.36. The zero-order valence-corrected chi connectivity index (χ0v) is 6.33. The highest BCUT2D eigenvalue weighted by molar-refractivity contribution is 5.27. The van der Waals surface area contributed by atoms with Crippen LogP contribution in [0, 0.1) is 6.61 Å². The summed E-state index contributed by atoms with van der Waals surface area (Å²) in [7, 11) is 0. The van der Waals surface area contributed by atoms with E-state index in [0.29, 0.717) is 0 Å². The fraction of sp³-hybridized carbons (Fsp3) is 0.100. The summed E-state index contributed by atoms with van der Waals surface area (Å²) in [6, 6.07) is 7.71. The van der Waals surface area contributed by atoms with Gasteiger partial charge < -0.3 is 5.11 Å². The standard InChI is InChI=1S/C10H11O/c1-2-4-9-5-3-6-10(7-9)8-11/h2-3,5-8,11H,1,4H2. The second kappa shape index (κ2) is 3.94. The predicted molar refractivity (Wildman–Crippen MR) is 45.7 cm³/mol. The van der Waals surface area contributed by atoms with Gasteiger partial charge in [0, 0.05) is 0 Å². The van der Waals surface area contributed by atoms with Gasteiger partial charge in [-0.1, -0.05) is 30.3 Å². The number of rotatable bonds is 3. The molecule has 1 heteroatoms. The van der Waals surface area contributed by atoms with E-state index in [1.54, 1.807) is 0 Å². The highest BCUT2D eigenvalue weighted by atomic mass is 16.3. The quantitative estimate of drug-likeness (QED) is 0.650. The highest BCUT2D eigenvalue weighted by Gasteiger charge is 1.91. The van der Waals surface area contributed by atoms with Gasteiger partial charge in [-0.3, -0.25) is 0 Å². The molecule has 57 valence electrons. The highest BCUT2D eigenvalue weighted by Crippen LogP contribution is 2.06. The van der Waals surface area contributed by atoms with Crippen LogP contribution in [0.3, 0.4) is 0 Å². The van der Waals surface area contributed by atoms with Crippen molar-refractivity contribution < 1.29 is 5.11 Å². The summed E-state index contributed by atoms with van der Waals surface area (Å²) in [6.45, 7) is 4.74. The maximum absolute atomic E-state index is 8.68. The van der Waals surface area contributed by atoms with Gasteiger partial charge in [0.05, 0.1) is 0 Å². The van der Waals surface area contributed by atoms with Crippen molar-refractivity contribution in [3.05, 3.63) is 54.7 Å². The van der Waals surface area contributed by atoms with Gasteiger partial charge in [-0.15, -0.1) is 6.58 Å². The van der Waals surface area contributed by atoms with E-state index in [1.165, 1.54) is 5.56 Å². The van der Waals surface area contributed by atoms with E-state index < -0.39 is 0 Å². The maximum Gasteiger partial charge on any atom is 0.109 e. The Bertz CT molecular complexity index is 240. The lowest BCUT2D eigenvalue weighted by molar-refractivity contribution is 0.415. The van der Waals surface area contributed by atoms with Crippen LogP contribution in [0.25, 0.3) is 0 Å². The molecular weight excluding hydrogens is 136 g/mol. The second-order valence-electron chi connectivity index (χ2n) is 2.37. The van der Waals surface area contributed by atoms with E-state index in [-0.39, 0.29) is 0 Å². The molecule has 0 saturated heterocycles. The van der Waals surface area contributed by atoms with Crippen molar-refractivity contribution in [2.45, 2.75) is 6.42 Å². The summed E-state index contributed by atoms with van der Waals surface area (Å²) in [4.78, 5) is 0. The summed E-state index contributed by atoms with van der Waals surface area (Å²) < 4.78 is 0. The van der Waals surface area contributed by atoms with Crippen LogP contribution in [0.4, 0.5) is 0 Å². The zero-order chi connectivity index (χ0) is 8.10. The Morgan fingerprint density at radius 2 is 2.27 bits per heavy atom. The SMILES string of the molecule is C=CCc1cccc([CH]O)c1. The van der Waals surface area contributed by atoms with E-state index in [1.807, 2.05) is 30.3 Å². The summed E-state index contributed by atoms with van der Waals surface area (Å²) in [5, 5.41) is 8.68. The molecule has 11 heavy (non-hydrogen) atoms. The first-order valence-electron chi connectivity index (χ1n) is 3.54. The predicted octanol–water partition coefficient (Wildman–Crippen LogP) is 2.30. The Balaban J connectivity index is 2.82. The molecular formula is C10H11O. The molecule has 0 aliphatic heterocycles. The maximum atomic E-state index is 8.68. The minimum absolute atomic E-state index is 0.837. The van der Waals surface area contributed by atoms with E-state index in [2.05, 4.69) is 6.58 Å². The van der Waals surface area contributed by atoms with Crippen molar-refractivity contribution in [1.29, 1.82) is 0 Å². The van der Waals surface area contributed by atoms with E-state index in [4.69, 9.17) is 5.11 Å². The molecule has 0 unspecified atom stereocenters. The molecule has 0 heterocycles. The van der Waals surface area contributed by atoms with Gasteiger partial charge in [-0.25, -0.2) is 0 Å². The van der Waals surface area contributed by atoms with Gasteiger partial charge in [0.15, 0.2) is 0 Å². The molecule has 0 spiro atoms. The fourth-order valence-corrected chi connectivity index (χ4v) is 0.967. The normalized spacial score (nSPS) is 9.55. The molecule has 0 bridgehead atoms. The van der Waals surface area contributed by atoms with Crippen molar-refractivity contribution in [2.24, 2.45) is 0 Å². The molecule has 0 aliphatic carbocycles. The van der Waals surface area contributed by atoms with E-state index in [0.717, 1.165) is 18.6 Å². The van der Waals surface area contributed by atoms with Crippen molar-refractivity contribution >= 4 is 0 Å². The second-order valence-corrected chi connectivity index (χ2v) is 2.37. The third kappa shape index (κ3) is 2.20. The smallest absolute Gasteiger partial charge is 0.109 e. The lowest BCUT2D eigenvalue weighted by Gasteiger charge is -1.98. The molecule has 1 aromatic rings. The lowest BCUT2D eigenvalue weighted by atomic mass is 10.1. The summed E-state index contributed by atoms with van der Waals surface area (Å²) in [6.07, 6.45) is 2.69. The number of hydrogen-bond donors (Lipinski definition) is 1. The van der Waals surface area contributed by atoms with Gasteiger partial charge in [-0.05, 0) is 17.5 Å². The number of aliphatic hydroxyl groups is 1. The Morgan fingerprint density at radius 1 is 1.45 bits per heavy atom. The van der Waals surface area contributed by atoms with Gasteiger partial charge in [0.25, 0.3) is 0 Å². The third-order valence-corrected chi connectivity index (χ3v) is 1.48. The van der Waals surface area contributed by atoms with Crippen LogP contribution >= 0.6 is 0 Å². The molecule has 0 fully saturated rings. The van der Waals surface area contributed by atoms with Crippen molar-refractivity contribution in [3.8, 4) is 0 Å². The summed E-state index contributed by atoms with van der Waals surface area (Å²) >= 11 is 0. The number of benzene rings is 1. The van der Waals surface area contributed by atoms with Gasteiger partial charge in [0.2, 0.25) is 0 Å². The number of hydrogen-bond acceptors (Lipinski definition) is 1. The van der Waals surface area contributed by atoms with Crippen LogP contribution in [0.2, 0.25) is 0 Å². The molecule has 1 aromatic carbocycles. The van der Waals surface area contributed by atoms with E-state index in [9.17, 15) is 0 Å². The Labute approximate surface area is 67.0 Å². The third-order valence-electron chi connectivity index (χ3n) is 1.48. The van der Waals surface area contributed by atoms with Crippen LogP contribution in [0.15, 0.2) is 36.9 Å². The number of allylic oxidation sites excluding steroid dienone is 1. The summed E-state index contributed by atoms with van der Waals surface area (Å²) in [5.41, 5.74) is 2.01. The number of aliphatic hydroxyl groups excluding tert-OH is 1. The molecule has 1 radical (unpaired) electrons. The first-order valence-corrected chi connectivity index (χ1v) is 3.54. The fourth-order valence-electron chi connectivity index (χ4n) is 0.967. The van der Waals surface area contributed by atoms with Crippen molar-refractivity contribution in [3.63, 3.8) is 0 Å². The zero-order valence-electron chi connectivity index (χ0n) is 6.33. The van der Waals surface area contributed by atoms with Crippen molar-refractivity contribution in [2.75, 3.05) is 0 Å². The summed E-state index contributed by atoms with van der Waals surface area (Å²) in [5.74, 6) is 0. The van der Waals surface area contributed by atoms with Gasteiger partial charge in [-0.2, -0.15) is 0 Å². The lowest BCUT2D eigenvalue weighted by Crippen LogP contribution is -1.84. The van der Waals surface area contributed by atoms with Gasteiger partial charge >= 0.3 is 0 Å². The molecule has 0 saturated carbocycles. The molecule has 1 rings (SSSR count). The van der Waals surface area contributed by atoms with Crippen LogP contribution in [-0.4, -0.2) is 5.11 Å². The largest absolute Gasteiger partial charge is 0.385 e. The van der Waals surface area contributed by atoms with Crippen LogP contribution in [-0.2, 0) is 6.42 Å². The first kappa shape index (κ1) is 8.02. The minimum Gasteiger partial charge on any atom is -0.385 e. The van der Waals surface area contributed by atoms with Gasteiger partial charge in [0.1, 0.15) is 6.61 Å². The Kier molecular flexibility index (Phi) is 2.87. The molecule has 0 aliphatic rings. The minimum atomic E-state index is 0.837. The molecule has 0 atom stereocenters. The van der Waals surface area contributed by atoms with Crippen LogP contribution in [0.1, 0.15) is 11.1 Å². The molecule has 1 nitrogen and oxygen atoms in total. The average Bonchev–Trinajstić information content (AvgIpc) is 2.06. The van der Waals surface area contributed by atoms with Crippen molar-refractivity contribution in [1.82, 2.24) is 0 Å². The average molecular weight is 147 g/mol.